The van der Waals surface area contributed by atoms with Gasteiger partial charge in [0.25, 0.3) is 0 Å². The normalized spacial score (nSPS) is 12.1. The topological polar surface area (TPSA) is 75.8 Å². The molecule has 3 rings (SSSR count). The van der Waals surface area contributed by atoms with Crippen molar-refractivity contribution in [1.82, 2.24) is 9.78 Å². The Morgan fingerprint density at radius 3 is 2.27 bits per heavy atom. The van der Waals surface area contributed by atoms with Crippen molar-refractivity contribution < 1.29 is 30.4 Å². The van der Waals surface area contributed by atoms with Crippen molar-refractivity contribution in [2.75, 3.05) is 6.26 Å². The summed E-state index contributed by atoms with van der Waals surface area (Å²) in [7, 11) is -4.10. The molecule has 0 aliphatic rings. The average Bonchev–Trinajstić information content (AvgIpc) is 3.07. The zero-order chi connectivity index (χ0) is 22.4. The minimum absolute atomic E-state index is 0.0731. The van der Waals surface area contributed by atoms with Crippen LogP contribution < -0.4 is 0 Å². The summed E-state index contributed by atoms with van der Waals surface area (Å²) in [5.41, 5.74) is -1.62. The fourth-order valence-corrected chi connectivity index (χ4v) is 3.55. The second-order valence-electron chi connectivity index (χ2n) is 6.47. The van der Waals surface area contributed by atoms with Gasteiger partial charge in [-0.3, -0.25) is 0 Å². The first-order chi connectivity index (χ1) is 13.8. The Kier molecular flexibility index (Phi) is 5.16. The summed E-state index contributed by atoms with van der Waals surface area (Å²) in [6, 6.07) is 7.40. The third-order valence-electron chi connectivity index (χ3n) is 4.27. The molecule has 0 saturated heterocycles. The van der Waals surface area contributed by atoms with Gasteiger partial charge in [0.2, 0.25) is 0 Å². The number of hydrogen-bond acceptors (Lipinski definition) is 4. The third-order valence-corrected chi connectivity index (χ3v) is 5.38. The predicted octanol–water partition coefficient (Wildman–Crippen LogP) is 4.42. The number of aryl methyl sites for hydroxylation is 1. The van der Waals surface area contributed by atoms with Crippen LogP contribution in [0, 0.1) is 29.9 Å². The van der Waals surface area contributed by atoms with E-state index in [2.05, 4.69) is 5.10 Å². The van der Waals surface area contributed by atoms with E-state index in [9.17, 15) is 30.4 Å². The van der Waals surface area contributed by atoms with E-state index >= 15 is 0 Å². The molecule has 3 aromatic rings. The summed E-state index contributed by atoms with van der Waals surface area (Å²) in [4.78, 5) is -0.917. The first-order valence-electron chi connectivity index (χ1n) is 8.21. The van der Waals surface area contributed by atoms with Gasteiger partial charge < -0.3 is 0 Å². The van der Waals surface area contributed by atoms with Crippen molar-refractivity contribution in [2.45, 2.75) is 18.0 Å². The van der Waals surface area contributed by atoms with Gasteiger partial charge in [-0.25, -0.2) is 21.9 Å². The Labute approximate surface area is 167 Å². The summed E-state index contributed by atoms with van der Waals surface area (Å²) in [5.74, 6) is -2.55. The lowest BCUT2D eigenvalue weighted by atomic mass is 10.1. The number of nitriles is 1. The van der Waals surface area contributed by atoms with Crippen LogP contribution in [0.1, 0.15) is 16.8 Å². The Balaban J connectivity index is 2.30. The number of nitrogens with zero attached hydrogens (tertiary/aromatic N) is 3. The molecule has 0 aliphatic heterocycles. The van der Waals surface area contributed by atoms with Crippen LogP contribution in [0.2, 0.25) is 0 Å². The van der Waals surface area contributed by atoms with Gasteiger partial charge >= 0.3 is 6.18 Å². The molecule has 1 heterocycles. The van der Waals surface area contributed by atoms with E-state index in [4.69, 9.17) is 5.26 Å². The molecule has 0 amide bonds. The van der Waals surface area contributed by atoms with Crippen LogP contribution in [0.25, 0.3) is 16.9 Å². The molecular formula is C19H12F5N3O2S. The molecule has 0 aliphatic carbocycles. The molecule has 30 heavy (non-hydrogen) atoms. The maximum atomic E-state index is 14.6. The molecule has 0 N–H and O–H groups in total. The van der Waals surface area contributed by atoms with Crippen molar-refractivity contribution in [1.29, 1.82) is 5.26 Å². The van der Waals surface area contributed by atoms with Crippen molar-refractivity contribution in [3.8, 4) is 23.0 Å². The second kappa shape index (κ2) is 7.21. The van der Waals surface area contributed by atoms with Gasteiger partial charge in [-0.1, -0.05) is 0 Å². The van der Waals surface area contributed by atoms with E-state index in [1.807, 2.05) is 6.07 Å². The lowest BCUT2D eigenvalue weighted by molar-refractivity contribution is -0.141. The van der Waals surface area contributed by atoms with Gasteiger partial charge in [-0.15, -0.1) is 0 Å². The molecule has 0 unspecified atom stereocenters. The number of halogens is 5. The smallest absolute Gasteiger partial charge is 0.232 e. The molecule has 0 fully saturated rings. The van der Waals surface area contributed by atoms with Crippen molar-refractivity contribution in [2.24, 2.45) is 0 Å². The van der Waals surface area contributed by atoms with E-state index in [1.165, 1.54) is 18.2 Å². The first kappa shape index (κ1) is 21.4. The molecule has 0 radical (unpaired) electrons. The van der Waals surface area contributed by atoms with Gasteiger partial charge in [0.05, 0.1) is 23.0 Å². The lowest BCUT2D eigenvalue weighted by Crippen LogP contribution is -2.08. The van der Waals surface area contributed by atoms with Crippen LogP contribution in [-0.4, -0.2) is 24.5 Å². The van der Waals surface area contributed by atoms with Crippen molar-refractivity contribution in [3.05, 3.63) is 64.9 Å². The zero-order valence-corrected chi connectivity index (χ0v) is 16.2. The Bertz CT molecular complexity index is 1300. The summed E-state index contributed by atoms with van der Waals surface area (Å²) < 4.78 is 92.6. The molecule has 0 atom stereocenters. The minimum atomic E-state index is -4.87. The lowest BCUT2D eigenvalue weighted by Gasteiger charge is -2.11. The van der Waals surface area contributed by atoms with Crippen molar-refractivity contribution >= 4 is 9.84 Å². The molecule has 5 nitrogen and oxygen atoms in total. The molecular weight excluding hydrogens is 429 g/mol. The molecule has 11 heteroatoms. The number of aromatic nitrogens is 2. The highest BCUT2D eigenvalue weighted by molar-refractivity contribution is 7.90. The van der Waals surface area contributed by atoms with E-state index in [0.717, 1.165) is 4.68 Å². The second-order valence-corrected chi connectivity index (χ2v) is 8.45. The molecule has 1 aromatic heterocycles. The fourth-order valence-electron chi connectivity index (χ4n) is 2.82. The largest absolute Gasteiger partial charge is 0.435 e. The Morgan fingerprint density at radius 2 is 1.73 bits per heavy atom. The van der Waals surface area contributed by atoms with Crippen LogP contribution in [0.5, 0.6) is 0 Å². The van der Waals surface area contributed by atoms with E-state index in [1.54, 1.807) is 6.92 Å². The Hall–Kier alpha value is -3.26. The molecule has 0 spiro atoms. The maximum absolute atomic E-state index is 14.6. The highest BCUT2D eigenvalue weighted by Crippen LogP contribution is 2.35. The van der Waals surface area contributed by atoms with Gasteiger partial charge in [0, 0.05) is 11.8 Å². The third kappa shape index (κ3) is 3.91. The standard InChI is InChI=1S/C19H12F5N3O2S/c1-10-5-12(4-3-11(10)9-25)27-16(8-18(26-27)19(22,23)24)13-6-15(21)17(7-14(13)20)30(2,28)29/h3-8H,1-2H3. The van der Waals surface area contributed by atoms with E-state index in [-0.39, 0.29) is 11.3 Å². The zero-order valence-electron chi connectivity index (χ0n) is 15.4. The summed E-state index contributed by atoms with van der Waals surface area (Å²) in [6.45, 7) is 1.55. The van der Waals surface area contributed by atoms with E-state index < -0.39 is 49.5 Å². The van der Waals surface area contributed by atoms with Crippen molar-refractivity contribution in [3.63, 3.8) is 0 Å². The summed E-state index contributed by atoms with van der Waals surface area (Å²) in [6.07, 6.45) is -4.20. The monoisotopic (exact) mass is 441 g/mol. The summed E-state index contributed by atoms with van der Waals surface area (Å²) >= 11 is 0. The van der Waals surface area contributed by atoms with Crippen LogP contribution >= 0.6 is 0 Å². The number of alkyl halides is 3. The van der Waals surface area contributed by atoms with Gasteiger partial charge in [0.1, 0.15) is 16.5 Å². The maximum Gasteiger partial charge on any atom is 0.435 e. The van der Waals surface area contributed by atoms with Crippen LogP contribution in [0.4, 0.5) is 22.0 Å². The number of benzene rings is 2. The molecule has 156 valence electrons. The molecule has 0 saturated carbocycles. The van der Waals surface area contributed by atoms with E-state index in [0.29, 0.717) is 30.0 Å². The SMILES string of the molecule is Cc1cc(-n2nc(C(F)(F)F)cc2-c2cc(F)c(S(C)(=O)=O)cc2F)ccc1C#N. The van der Waals surface area contributed by atoms with Crippen LogP contribution in [0.3, 0.4) is 0 Å². The fraction of sp³-hybridized carbons (Fsp3) is 0.158. The molecule has 0 bridgehead atoms. The first-order valence-corrected chi connectivity index (χ1v) is 10.1. The Morgan fingerprint density at radius 1 is 1.07 bits per heavy atom. The van der Waals surface area contributed by atoms with Crippen LogP contribution in [0.15, 0.2) is 41.3 Å². The quantitative estimate of drug-likeness (QED) is 0.564. The summed E-state index contributed by atoms with van der Waals surface area (Å²) in [5, 5.41) is 12.5. The predicted molar refractivity (Wildman–Crippen MR) is 96.5 cm³/mol. The van der Waals surface area contributed by atoms with Gasteiger partial charge in [-0.2, -0.15) is 23.5 Å². The average molecular weight is 441 g/mol. The van der Waals surface area contributed by atoms with Crippen LogP contribution in [-0.2, 0) is 16.0 Å². The highest BCUT2D eigenvalue weighted by Gasteiger charge is 2.36. The van der Waals surface area contributed by atoms with Gasteiger partial charge in [-0.05, 0) is 48.9 Å². The van der Waals surface area contributed by atoms with Gasteiger partial charge in [0.15, 0.2) is 15.5 Å². The number of rotatable bonds is 3. The number of hydrogen-bond donors (Lipinski definition) is 0. The highest BCUT2D eigenvalue weighted by atomic mass is 32.2. The minimum Gasteiger partial charge on any atom is -0.232 e. The number of sulfone groups is 1. The molecule has 2 aromatic carbocycles.